The van der Waals surface area contributed by atoms with Gasteiger partial charge in [0.15, 0.2) is 0 Å². The van der Waals surface area contributed by atoms with Crippen LogP contribution in [-0.4, -0.2) is 164 Å². The average Bonchev–Trinajstić information content (AvgIpc) is 3.78. The van der Waals surface area contributed by atoms with E-state index in [0.29, 0.717) is 41.5 Å². The lowest BCUT2D eigenvalue weighted by Gasteiger charge is -2.29. The fourth-order valence-electron chi connectivity index (χ4n) is 7.82. The second-order valence-electron chi connectivity index (χ2n) is 19.3. The van der Waals surface area contributed by atoms with E-state index in [0.717, 1.165) is 0 Å². The number of aliphatic carboxylic acids is 2. The lowest BCUT2D eigenvalue weighted by atomic mass is 9.96. The van der Waals surface area contributed by atoms with Crippen LogP contribution < -0.4 is 59.7 Å². The number of H-pyrrole nitrogens is 1. The summed E-state index contributed by atoms with van der Waals surface area (Å²) in [5.41, 5.74) is 18.5. The molecule has 18 N–H and O–H groups in total. The number of aromatic nitrogens is 1. The zero-order valence-corrected chi connectivity index (χ0v) is 45.6. The van der Waals surface area contributed by atoms with Crippen LogP contribution in [0.1, 0.15) is 105 Å². The second-order valence-corrected chi connectivity index (χ2v) is 20.3. The van der Waals surface area contributed by atoms with Gasteiger partial charge in [0.1, 0.15) is 48.3 Å². The van der Waals surface area contributed by atoms with Gasteiger partial charge in [-0.1, -0.05) is 52.3 Å². The molecule has 11 atom stereocenters. The molecule has 27 heteroatoms. The number of amides is 9. The molecule has 0 unspecified atom stereocenters. The molecule has 0 bridgehead atoms. The van der Waals surface area contributed by atoms with Crippen LogP contribution in [0.25, 0.3) is 10.9 Å². The number of carbonyl (C=O) groups is 11. The largest absolute Gasteiger partial charge is 0.481 e. The minimum Gasteiger partial charge on any atom is -0.481 e. The van der Waals surface area contributed by atoms with Gasteiger partial charge in [-0.15, -0.1) is 0 Å². The number of primary amides is 1. The molecule has 0 saturated heterocycles. The normalized spacial score (nSPS) is 15.6. The summed E-state index contributed by atoms with van der Waals surface area (Å²) in [4.78, 5) is 149. The standard InChI is InChI=1S/C50H80N12O14S/c1-8-26(4)40(61-43(68)31(52)20-22-77-7)48(73)59-36(23-29-24-54-32-14-10-9-13-30(29)32)47(72)58-35(17-19-38(65)66)46(71)57-34(16-18-37(53)64)45(70)56-33(15-11-12-21-51)44(69)55-27(5)42(67)62-41(28(6)63)49(74)60-39(25(2)3)50(75)76/h9-10,13-14,24-28,31,33-36,39-41,54,63H,8,11-12,15-23,51-52H2,1-7H3,(H2,53,64)(H,55,69)(H,56,70)(H,57,71)(H,58,72)(H,59,73)(H,60,74)(H,61,68)(H,62,67)(H,65,66)(H,75,76)/t26-,27-,28+,31-,33-,34-,35-,36-,39-,40-,41-/m0/s1. The van der Waals surface area contributed by atoms with Crippen LogP contribution in [0.3, 0.4) is 0 Å². The molecule has 0 radical (unpaired) electrons. The van der Waals surface area contributed by atoms with Crippen LogP contribution >= 0.6 is 11.8 Å². The Labute approximate surface area is 451 Å². The number of carboxylic acid groups (broad SMARTS) is 2. The fourth-order valence-corrected chi connectivity index (χ4v) is 8.31. The number of hydrogen-bond acceptors (Lipinski definition) is 15. The number of nitrogens with one attached hydrogen (secondary N) is 9. The van der Waals surface area contributed by atoms with E-state index in [-0.39, 0.29) is 25.8 Å². The molecule has 2 aromatic rings. The molecular formula is C50H80N12O14S. The first-order valence-electron chi connectivity index (χ1n) is 25.6. The second kappa shape index (κ2) is 33.3. The van der Waals surface area contributed by atoms with Crippen LogP contribution in [-0.2, 0) is 59.2 Å². The van der Waals surface area contributed by atoms with Crippen LogP contribution in [0, 0.1) is 11.8 Å². The minimum absolute atomic E-state index is 0.0721. The number of unbranched alkanes of at least 4 members (excludes halogenated alkanes) is 1. The highest BCUT2D eigenvalue weighted by Gasteiger charge is 2.37. The van der Waals surface area contributed by atoms with E-state index >= 15 is 0 Å². The predicted molar refractivity (Wildman–Crippen MR) is 286 cm³/mol. The van der Waals surface area contributed by atoms with Gasteiger partial charge in [0.05, 0.1) is 12.1 Å². The van der Waals surface area contributed by atoms with Gasteiger partial charge >= 0.3 is 11.9 Å². The zero-order valence-electron chi connectivity index (χ0n) is 44.8. The summed E-state index contributed by atoms with van der Waals surface area (Å²) < 4.78 is 0. The van der Waals surface area contributed by atoms with Gasteiger partial charge in [-0.2, -0.15) is 11.8 Å². The van der Waals surface area contributed by atoms with Gasteiger partial charge in [-0.25, -0.2) is 4.79 Å². The molecular weight excluding hydrogens is 1020 g/mol. The molecule has 26 nitrogen and oxygen atoms in total. The lowest BCUT2D eigenvalue weighted by molar-refractivity contribution is -0.144. The summed E-state index contributed by atoms with van der Waals surface area (Å²) in [5, 5.41) is 50.2. The number of aliphatic hydroxyl groups excluding tert-OH is 1. The number of aliphatic hydroxyl groups is 1. The van der Waals surface area contributed by atoms with Crippen LogP contribution in [0.2, 0.25) is 0 Å². The minimum atomic E-state index is -1.69. The molecule has 1 aromatic carbocycles. The zero-order chi connectivity index (χ0) is 58.1. The molecule has 77 heavy (non-hydrogen) atoms. The Balaban J connectivity index is 2.49. The van der Waals surface area contributed by atoms with Crippen LogP contribution in [0.15, 0.2) is 30.5 Å². The third kappa shape index (κ3) is 22.3. The molecule has 0 spiro atoms. The number of thioether (sulfide) groups is 1. The number of aromatic amines is 1. The van der Waals surface area contributed by atoms with E-state index in [4.69, 9.17) is 17.2 Å². The maximum absolute atomic E-state index is 14.5. The van der Waals surface area contributed by atoms with Crippen molar-refractivity contribution in [2.24, 2.45) is 29.0 Å². The molecule has 1 heterocycles. The Kier molecular flexibility index (Phi) is 28.7. The Morgan fingerprint density at radius 3 is 1.68 bits per heavy atom. The maximum atomic E-state index is 14.5. The van der Waals surface area contributed by atoms with E-state index in [1.807, 2.05) is 6.26 Å². The Morgan fingerprint density at radius 2 is 1.14 bits per heavy atom. The van der Waals surface area contributed by atoms with Crippen molar-refractivity contribution in [1.82, 2.24) is 47.5 Å². The summed E-state index contributed by atoms with van der Waals surface area (Å²) in [6.07, 6.45) is 0.987. The molecule has 0 saturated carbocycles. The highest BCUT2D eigenvalue weighted by molar-refractivity contribution is 7.98. The van der Waals surface area contributed by atoms with Gasteiger partial charge in [0.2, 0.25) is 53.2 Å². The van der Waals surface area contributed by atoms with E-state index in [1.54, 1.807) is 44.3 Å². The molecule has 1 aromatic heterocycles. The quantitative estimate of drug-likeness (QED) is 0.0332. The Bertz CT molecular complexity index is 2350. The van der Waals surface area contributed by atoms with Gasteiger partial charge < -0.3 is 80.0 Å². The number of rotatable bonds is 36. The average molecular weight is 1110 g/mol. The summed E-state index contributed by atoms with van der Waals surface area (Å²) in [6.45, 7) is 9.23. The highest BCUT2D eigenvalue weighted by Crippen LogP contribution is 2.20. The number of para-hydroxylation sites is 1. The maximum Gasteiger partial charge on any atom is 0.326 e. The topological polar surface area (TPSA) is 439 Å². The fraction of sp³-hybridized carbons (Fsp3) is 0.620. The molecule has 430 valence electrons. The lowest BCUT2D eigenvalue weighted by Crippen LogP contribution is -2.61. The van der Waals surface area contributed by atoms with Crippen molar-refractivity contribution in [3.8, 4) is 0 Å². The molecule has 2 rings (SSSR count). The number of benzene rings is 1. The first kappa shape index (κ1) is 66.3. The Morgan fingerprint density at radius 1 is 0.623 bits per heavy atom. The monoisotopic (exact) mass is 1100 g/mol. The summed E-state index contributed by atoms with van der Waals surface area (Å²) in [5.74, 6) is -11.3. The van der Waals surface area contributed by atoms with E-state index in [9.17, 15) is 68.1 Å². The van der Waals surface area contributed by atoms with E-state index in [1.165, 1.54) is 39.5 Å². The number of fused-ring (bicyclic) bond motifs is 1. The van der Waals surface area contributed by atoms with Crippen LogP contribution in [0.4, 0.5) is 0 Å². The number of hydrogen-bond donors (Lipinski definition) is 15. The molecule has 0 aliphatic rings. The predicted octanol–water partition coefficient (Wildman–Crippen LogP) is -1.88. The Hall–Kier alpha value is -6.84. The van der Waals surface area contributed by atoms with E-state index < -0.39 is 163 Å². The van der Waals surface area contributed by atoms with Crippen molar-refractivity contribution >= 4 is 87.8 Å². The number of nitrogens with two attached hydrogens (primary N) is 3. The molecule has 0 aliphatic heterocycles. The van der Waals surface area contributed by atoms with Crippen LogP contribution in [0.5, 0.6) is 0 Å². The third-order valence-electron chi connectivity index (χ3n) is 12.7. The van der Waals surface area contributed by atoms with Crippen molar-refractivity contribution in [3.63, 3.8) is 0 Å². The van der Waals surface area contributed by atoms with Gasteiger partial charge in [-0.3, -0.25) is 47.9 Å². The van der Waals surface area contributed by atoms with Gasteiger partial charge in [0, 0.05) is 36.4 Å². The van der Waals surface area contributed by atoms with Gasteiger partial charge in [0.25, 0.3) is 0 Å². The van der Waals surface area contributed by atoms with Crippen molar-refractivity contribution in [3.05, 3.63) is 36.0 Å². The third-order valence-corrected chi connectivity index (χ3v) is 13.4. The first-order chi connectivity index (χ1) is 36.3. The first-order valence-corrected chi connectivity index (χ1v) is 27.0. The van der Waals surface area contributed by atoms with Crippen molar-refractivity contribution < 1.29 is 68.1 Å². The summed E-state index contributed by atoms with van der Waals surface area (Å²) in [7, 11) is 0. The number of carboxylic acids is 2. The SMILES string of the molecule is CC[C@H](C)[C@H](NC(=O)[C@@H](N)CCSC)C(=O)N[C@@H](Cc1c[nH]c2ccccc12)C(=O)N[C@@H](CCC(=O)O)C(=O)N[C@@H](CCC(N)=O)C(=O)N[C@@H](CCCCN)C(=O)N[C@@H](C)C(=O)N[C@H](C(=O)N[C@H](C(=O)O)C(C)C)[C@@H](C)O. The summed E-state index contributed by atoms with van der Waals surface area (Å²) >= 11 is 1.49. The molecule has 9 amide bonds. The smallest absolute Gasteiger partial charge is 0.326 e. The number of carbonyl (C=O) groups excluding carboxylic acids is 9. The molecule has 0 fully saturated rings. The van der Waals surface area contributed by atoms with Crippen molar-refractivity contribution in [2.45, 2.75) is 166 Å². The highest BCUT2D eigenvalue weighted by atomic mass is 32.2. The van der Waals surface area contributed by atoms with Crippen molar-refractivity contribution in [2.75, 3.05) is 18.6 Å². The molecule has 0 aliphatic carbocycles. The van der Waals surface area contributed by atoms with Crippen molar-refractivity contribution in [1.29, 1.82) is 0 Å². The summed E-state index contributed by atoms with van der Waals surface area (Å²) in [6, 6.07) is -5.61. The van der Waals surface area contributed by atoms with E-state index in [2.05, 4.69) is 47.5 Å². The van der Waals surface area contributed by atoms with Gasteiger partial charge in [-0.05, 0) is 94.4 Å².